The highest BCUT2D eigenvalue weighted by atomic mass is 19.1. The molecule has 0 bridgehead atoms. The van der Waals surface area contributed by atoms with Gasteiger partial charge in [0.1, 0.15) is 5.82 Å². The average molecular weight is 182 g/mol. The van der Waals surface area contributed by atoms with Crippen LogP contribution in [0.25, 0.3) is 0 Å². The van der Waals surface area contributed by atoms with Gasteiger partial charge in [0.15, 0.2) is 0 Å². The van der Waals surface area contributed by atoms with Crippen LogP contribution in [0, 0.1) is 12.7 Å². The van der Waals surface area contributed by atoms with E-state index in [1.165, 1.54) is 0 Å². The second-order valence-corrected chi connectivity index (χ2v) is 2.84. The monoisotopic (exact) mass is 182 g/mol. The molecular formula is C12H19F. The van der Waals surface area contributed by atoms with E-state index in [4.69, 9.17) is 0 Å². The van der Waals surface area contributed by atoms with Gasteiger partial charge in [-0.05, 0) is 25.0 Å². The minimum absolute atomic E-state index is 0.0718. The van der Waals surface area contributed by atoms with Gasteiger partial charge in [-0.25, -0.2) is 4.39 Å². The van der Waals surface area contributed by atoms with Crippen molar-refractivity contribution in [2.75, 3.05) is 0 Å². The molecule has 0 nitrogen and oxygen atoms in total. The maximum atomic E-state index is 13.0. The predicted molar refractivity (Wildman–Crippen MR) is 56.5 cm³/mol. The summed E-state index contributed by atoms with van der Waals surface area (Å²) >= 11 is 0. The summed E-state index contributed by atoms with van der Waals surface area (Å²) in [5, 5.41) is 0. The van der Waals surface area contributed by atoms with E-state index in [2.05, 4.69) is 6.92 Å². The van der Waals surface area contributed by atoms with Crippen molar-refractivity contribution in [3.63, 3.8) is 0 Å². The fraction of sp³-hybridized carbons (Fsp3) is 0.500. The normalized spacial score (nSPS) is 9.00. The van der Waals surface area contributed by atoms with Crippen molar-refractivity contribution in [3.8, 4) is 0 Å². The maximum Gasteiger partial charge on any atom is 0.126 e. The highest BCUT2D eigenvalue weighted by Crippen LogP contribution is 2.11. The molecule has 0 aliphatic heterocycles. The smallest absolute Gasteiger partial charge is 0.126 e. The SMILES string of the molecule is CC.CCCc1cc(C)ccc1F. The summed E-state index contributed by atoms with van der Waals surface area (Å²) in [6, 6.07) is 5.26. The van der Waals surface area contributed by atoms with Gasteiger partial charge < -0.3 is 0 Å². The molecule has 1 aromatic carbocycles. The number of hydrogen-bond donors (Lipinski definition) is 0. The zero-order valence-corrected chi connectivity index (χ0v) is 9.02. The van der Waals surface area contributed by atoms with Gasteiger partial charge in [0.25, 0.3) is 0 Å². The van der Waals surface area contributed by atoms with Crippen molar-refractivity contribution >= 4 is 0 Å². The minimum atomic E-state index is -0.0718. The van der Waals surface area contributed by atoms with E-state index in [-0.39, 0.29) is 5.82 Å². The Morgan fingerprint density at radius 3 is 2.38 bits per heavy atom. The zero-order chi connectivity index (χ0) is 10.3. The fourth-order valence-corrected chi connectivity index (χ4v) is 1.16. The second kappa shape index (κ2) is 6.64. The van der Waals surface area contributed by atoms with Crippen molar-refractivity contribution in [2.24, 2.45) is 0 Å². The maximum absolute atomic E-state index is 13.0. The van der Waals surface area contributed by atoms with E-state index in [1.54, 1.807) is 12.1 Å². The largest absolute Gasteiger partial charge is 0.207 e. The lowest BCUT2D eigenvalue weighted by Gasteiger charge is -2.01. The van der Waals surface area contributed by atoms with E-state index < -0.39 is 0 Å². The number of hydrogen-bond acceptors (Lipinski definition) is 0. The standard InChI is InChI=1S/C10H13F.C2H6/c1-3-4-9-7-8(2)5-6-10(9)11;1-2/h5-7H,3-4H2,1-2H3;1-2H3. The lowest BCUT2D eigenvalue weighted by molar-refractivity contribution is 0.607. The molecule has 0 amide bonds. The van der Waals surface area contributed by atoms with Gasteiger partial charge in [-0.2, -0.15) is 0 Å². The Labute approximate surface area is 80.8 Å². The van der Waals surface area contributed by atoms with Crippen LogP contribution in [-0.2, 0) is 6.42 Å². The number of halogens is 1. The molecule has 1 heteroatoms. The van der Waals surface area contributed by atoms with Gasteiger partial charge in [-0.1, -0.05) is 44.9 Å². The highest BCUT2D eigenvalue weighted by molar-refractivity contribution is 5.23. The van der Waals surface area contributed by atoms with Crippen LogP contribution in [0.5, 0.6) is 0 Å². The van der Waals surface area contributed by atoms with Gasteiger partial charge in [0, 0.05) is 0 Å². The Morgan fingerprint density at radius 1 is 1.23 bits per heavy atom. The van der Waals surface area contributed by atoms with E-state index in [1.807, 2.05) is 26.8 Å². The van der Waals surface area contributed by atoms with Crippen molar-refractivity contribution < 1.29 is 4.39 Å². The van der Waals surface area contributed by atoms with Crippen molar-refractivity contribution in [3.05, 3.63) is 35.1 Å². The summed E-state index contributed by atoms with van der Waals surface area (Å²) in [5.41, 5.74) is 1.97. The van der Waals surface area contributed by atoms with E-state index in [0.29, 0.717) is 0 Å². The summed E-state index contributed by atoms with van der Waals surface area (Å²) in [4.78, 5) is 0. The molecule has 0 radical (unpaired) electrons. The number of rotatable bonds is 2. The molecule has 0 saturated heterocycles. The first-order chi connectivity index (χ1) is 6.24. The summed E-state index contributed by atoms with van der Waals surface area (Å²) in [6.45, 7) is 8.04. The minimum Gasteiger partial charge on any atom is -0.207 e. The quantitative estimate of drug-likeness (QED) is 0.645. The highest BCUT2D eigenvalue weighted by Gasteiger charge is 1.99. The third-order valence-electron chi connectivity index (χ3n) is 1.72. The summed E-state index contributed by atoms with van der Waals surface area (Å²) < 4.78 is 13.0. The average Bonchev–Trinajstić information content (AvgIpc) is 2.15. The van der Waals surface area contributed by atoms with Gasteiger partial charge in [0.05, 0.1) is 0 Å². The lowest BCUT2D eigenvalue weighted by Crippen LogP contribution is -1.89. The molecule has 0 spiro atoms. The van der Waals surface area contributed by atoms with Crippen LogP contribution < -0.4 is 0 Å². The molecule has 0 atom stereocenters. The van der Waals surface area contributed by atoms with Crippen LogP contribution in [0.15, 0.2) is 18.2 Å². The first-order valence-corrected chi connectivity index (χ1v) is 4.99. The molecular weight excluding hydrogens is 163 g/mol. The Kier molecular flexibility index (Phi) is 6.21. The van der Waals surface area contributed by atoms with Gasteiger partial charge >= 0.3 is 0 Å². The third-order valence-corrected chi connectivity index (χ3v) is 1.72. The Balaban J connectivity index is 0.000000671. The third kappa shape index (κ3) is 4.07. The topological polar surface area (TPSA) is 0 Å². The van der Waals surface area contributed by atoms with Crippen LogP contribution >= 0.6 is 0 Å². The fourth-order valence-electron chi connectivity index (χ4n) is 1.16. The molecule has 74 valence electrons. The molecule has 13 heavy (non-hydrogen) atoms. The van der Waals surface area contributed by atoms with E-state index >= 15 is 0 Å². The lowest BCUT2D eigenvalue weighted by atomic mass is 10.1. The summed E-state index contributed by atoms with van der Waals surface area (Å²) in [7, 11) is 0. The Hall–Kier alpha value is -0.850. The summed E-state index contributed by atoms with van der Waals surface area (Å²) in [6.07, 6.45) is 1.84. The van der Waals surface area contributed by atoms with Crippen LogP contribution in [-0.4, -0.2) is 0 Å². The van der Waals surface area contributed by atoms with Crippen LogP contribution in [0.2, 0.25) is 0 Å². The van der Waals surface area contributed by atoms with Crippen LogP contribution in [0.4, 0.5) is 4.39 Å². The first-order valence-electron chi connectivity index (χ1n) is 4.99. The molecule has 1 rings (SSSR count). The van der Waals surface area contributed by atoms with Crippen molar-refractivity contribution in [1.29, 1.82) is 0 Å². The molecule has 0 saturated carbocycles. The molecule has 0 N–H and O–H groups in total. The van der Waals surface area contributed by atoms with Gasteiger partial charge in [-0.3, -0.25) is 0 Å². The molecule has 0 aliphatic rings. The van der Waals surface area contributed by atoms with Crippen LogP contribution in [0.1, 0.15) is 38.3 Å². The van der Waals surface area contributed by atoms with Crippen LogP contribution in [0.3, 0.4) is 0 Å². The first kappa shape index (κ1) is 12.2. The number of aryl methyl sites for hydroxylation is 2. The molecule has 0 heterocycles. The Morgan fingerprint density at radius 2 is 1.85 bits per heavy atom. The summed E-state index contributed by atoms with van der Waals surface area (Å²) in [5.74, 6) is -0.0718. The second-order valence-electron chi connectivity index (χ2n) is 2.84. The zero-order valence-electron chi connectivity index (χ0n) is 9.02. The van der Waals surface area contributed by atoms with Crippen molar-refractivity contribution in [1.82, 2.24) is 0 Å². The molecule has 0 aliphatic carbocycles. The van der Waals surface area contributed by atoms with E-state index in [0.717, 1.165) is 24.0 Å². The van der Waals surface area contributed by atoms with Gasteiger partial charge in [-0.15, -0.1) is 0 Å². The van der Waals surface area contributed by atoms with Gasteiger partial charge in [0.2, 0.25) is 0 Å². The predicted octanol–water partition coefficient (Wildman–Crippen LogP) is 4.11. The Bertz CT molecular complexity index is 241. The molecule has 0 aromatic heterocycles. The molecule has 0 unspecified atom stereocenters. The van der Waals surface area contributed by atoms with Crippen molar-refractivity contribution in [2.45, 2.75) is 40.5 Å². The van der Waals surface area contributed by atoms with E-state index in [9.17, 15) is 4.39 Å². The molecule has 1 aromatic rings. The number of benzene rings is 1. The molecule has 0 fully saturated rings.